The molecule has 1 unspecified atom stereocenters. The Bertz CT molecular complexity index is 407. The summed E-state index contributed by atoms with van der Waals surface area (Å²) in [6.07, 6.45) is 6.45. The lowest BCUT2D eigenvalue weighted by Crippen LogP contribution is -2.39. The molecule has 1 fully saturated rings. The van der Waals surface area contributed by atoms with Crippen LogP contribution < -0.4 is 15.0 Å². The average molecular weight is 292 g/mol. The molecular formula is C16H28N4O. The molecule has 1 aliphatic rings. The molecule has 1 aliphatic heterocycles. The fraction of sp³-hybridized carbons (Fsp3) is 0.750. The van der Waals surface area contributed by atoms with Gasteiger partial charge in [0, 0.05) is 25.4 Å². The maximum Gasteiger partial charge on any atom is 0.228 e. The summed E-state index contributed by atoms with van der Waals surface area (Å²) in [6, 6.07) is 1.84. The Morgan fingerprint density at radius 2 is 2.29 bits per heavy atom. The Balaban J connectivity index is 2.01. The highest BCUT2D eigenvalue weighted by atomic mass is 16.5. The van der Waals surface area contributed by atoms with Gasteiger partial charge in [-0.05, 0) is 44.7 Å². The van der Waals surface area contributed by atoms with Crippen LogP contribution in [0.25, 0.3) is 0 Å². The summed E-state index contributed by atoms with van der Waals surface area (Å²) in [6.45, 7) is 9.28. The highest BCUT2D eigenvalue weighted by molar-refractivity contribution is 5.32. The van der Waals surface area contributed by atoms with Gasteiger partial charge in [0.1, 0.15) is 0 Å². The van der Waals surface area contributed by atoms with Gasteiger partial charge in [-0.3, -0.25) is 0 Å². The first-order chi connectivity index (χ1) is 10.3. The number of nitrogens with zero attached hydrogens (tertiary/aromatic N) is 3. The smallest absolute Gasteiger partial charge is 0.228 e. The molecule has 1 atom stereocenters. The molecule has 0 bridgehead atoms. The van der Waals surface area contributed by atoms with E-state index in [1.807, 2.05) is 6.07 Å². The minimum atomic E-state index is 0.685. The largest absolute Gasteiger partial charge is 0.478 e. The first-order valence-corrected chi connectivity index (χ1v) is 8.25. The van der Waals surface area contributed by atoms with E-state index in [2.05, 4.69) is 34.0 Å². The van der Waals surface area contributed by atoms with E-state index in [1.165, 1.54) is 12.8 Å². The van der Waals surface area contributed by atoms with Crippen molar-refractivity contribution in [3.8, 4) is 5.88 Å². The lowest BCUT2D eigenvalue weighted by atomic mass is 9.99. The molecule has 0 spiro atoms. The van der Waals surface area contributed by atoms with Crippen molar-refractivity contribution >= 4 is 5.95 Å². The summed E-state index contributed by atoms with van der Waals surface area (Å²) in [7, 11) is 0. The molecule has 0 aromatic carbocycles. The van der Waals surface area contributed by atoms with Crippen LogP contribution in [-0.4, -0.2) is 42.8 Å². The number of hydrogen-bond donors (Lipinski definition) is 1. The number of hydrogen-bond acceptors (Lipinski definition) is 5. The van der Waals surface area contributed by atoms with Crippen molar-refractivity contribution in [2.24, 2.45) is 5.92 Å². The molecule has 2 heterocycles. The molecule has 5 nitrogen and oxygen atoms in total. The van der Waals surface area contributed by atoms with Gasteiger partial charge in [-0.25, -0.2) is 4.98 Å². The quantitative estimate of drug-likeness (QED) is 0.797. The van der Waals surface area contributed by atoms with Crippen LogP contribution in [0.3, 0.4) is 0 Å². The second-order valence-electron chi connectivity index (χ2n) is 5.70. The molecule has 1 N–H and O–H groups in total. The van der Waals surface area contributed by atoms with Crippen LogP contribution in [-0.2, 0) is 0 Å². The number of aromatic nitrogens is 2. The van der Waals surface area contributed by atoms with Crippen LogP contribution in [0.15, 0.2) is 12.3 Å². The lowest BCUT2D eigenvalue weighted by Gasteiger charge is -2.30. The zero-order valence-corrected chi connectivity index (χ0v) is 13.3. The van der Waals surface area contributed by atoms with Crippen molar-refractivity contribution < 1.29 is 4.74 Å². The third-order valence-corrected chi connectivity index (χ3v) is 3.73. The second-order valence-corrected chi connectivity index (χ2v) is 5.70. The summed E-state index contributed by atoms with van der Waals surface area (Å²) >= 11 is 0. The van der Waals surface area contributed by atoms with E-state index in [1.54, 1.807) is 6.20 Å². The maximum absolute atomic E-state index is 5.62. The minimum absolute atomic E-state index is 0.685. The van der Waals surface area contributed by atoms with E-state index in [0.717, 1.165) is 45.0 Å². The normalized spacial score (nSPS) is 18.5. The van der Waals surface area contributed by atoms with Crippen molar-refractivity contribution in [1.82, 2.24) is 15.3 Å². The van der Waals surface area contributed by atoms with Crippen molar-refractivity contribution in [1.29, 1.82) is 0 Å². The minimum Gasteiger partial charge on any atom is -0.478 e. The van der Waals surface area contributed by atoms with E-state index in [4.69, 9.17) is 4.74 Å². The van der Waals surface area contributed by atoms with E-state index in [-0.39, 0.29) is 0 Å². The molecule has 0 aliphatic carbocycles. The number of rotatable bonds is 8. The van der Waals surface area contributed by atoms with E-state index in [9.17, 15) is 0 Å². The predicted molar refractivity (Wildman–Crippen MR) is 85.9 cm³/mol. The molecular weight excluding hydrogens is 264 g/mol. The number of ether oxygens (including phenoxy) is 1. The molecule has 1 aromatic heterocycles. The molecule has 2 rings (SSSR count). The Morgan fingerprint density at radius 1 is 1.38 bits per heavy atom. The van der Waals surface area contributed by atoms with Gasteiger partial charge >= 0.3 is 0 Å². The van der Waals surface area contributed by atoms with Gasteiger partial charge < -0.3 is 15.0 Å². The van der Waals surface area contributed by atoms with E-state index >= 15 is 0 Å². The summed E-state index contributed by atoms with van der Waals surface area (Å²) in [5.41, 5.74) is 0. The van der Waals surface area contributed by atoms with Crippen molar-refractivity contribution in [2.75, 3.05) is 37.7 Å². The molecule has 0 radical (unpaired) electrons. The fourth-order valence-corrected chi connectivity index (χ4v) is 2.71. The van der Waals surface area contributed by atoms with E-state index < -0.39 is 0 Å². The van der Waals surface area contributed by atoms with Gasteiger partial charge in [-0.1, -0.05) is 13.8 Å². The van der Waals surface area contributed by atoms with Gasteiger partial charge in [0.15, 0.2) is 0 Å². The standard InChI is InChI=1S/C16H28N4O/c1-3-10-20(13-14-6-5-8-17-12-14)16-18-9-7-15(19-16)21-11-4-2/h7,9,14,17H,3-6,8,10-13H2,1-2H3. The summed E-state index contributed by atoms with van der Waals surface area (Å²) in [5.74, 6) is 2.18. The molecule has 0 saturated carbocycles. The third-order valence-electron chi connectivity index (χ3n) is 3.73. The lowest BCUT2D eigenvalue weighted by molar-refractivity contribution is 0.304. The summed E-state index contributed by atoms with van der Waals surface area (Å²) in [4.78, 5) is 11.3. The second kappa shape index (κ2) is 8.82. The Kier molecular flexibility index (Phi) is 6.73. The van der Waals surface area contributed by atoms with Gasteiger partial charge in [0.25, 0.3) is 0 Å². The molecule has 0 amide bonds. The molecule has 1 aromatic rings. The van der Waals surface area contributed by atoms with Crippen molar-refractivity contribution in [3.05, 3.63) is 12.3 Å². The number of nitrogens with one attached hydrogen (secondary N) is 1. The Hall–Kier alpha value is -1.36. The van der Waals surface area contributed by atoms with Crippen LogP contribution in [0, 0.1) is 5.92 Å². The van der Waals surface area contributed by atoms with Gasteiger partial charge in [-0.2, -0.15) is 4.98 Å². The highest BCUT2D eigenvalue weighted by Crippen LogP contribution is 2.18. The molecule has 118 valence electrons. The predicted octanol–water partition coefficient (Wildman–Crippen LogP) is 2.48. The highest BCUT2D eigenvalue weighted by Gasteiger charge is 2.18. The first-order valence-electron chi connectivity index (χ1n) is 8.25. The molecule has 1 saturated heterocycles. The monoisotopic (exact) mass is 292 g/mol. The van der Waals surface area contributed by atoms with Crippen LogP contribution >= 0.6 is 0 Å². The molecule has 5 heteroatoms. The van der Waals surface area contributed by atoms with Crippen molar-refractivity contribution in [3.63, 3.8) is 0 Å². The van der Waals surface area contributed by atoms with E-state index in [0.29, 0.717) is 18.4 Å². The SMILES string of the molecule is CCCOc1ccnc(N(CCC)CC2CCCNC2)n1. The first kappa shape index (κ1) is 16.0. The average Bonchev–Trinajstić information content (AvgIpc) is 2.54. The Morgan fingerprint density at radius 3 is 3.00 bits per heavy atom. The summed E-state index contributed by atoms with van der Waals surface area (Å²) in [5, 5.41) is 3.48. The van der Waals surface area contributed by atoms with Crippen LogP contribution in [0.2, 0.25) is 0 Å². The number of anilines is 1. The number of piperidine rings is 1. The van der Waals surface area contributed by atoms with Gasteiger partial charge in [0.05, 0.1) is 6.61 Å². The zero-order chi connectivity index (χ0) is 14.9. The van der Waals surface area contributed by atoms with Gasteiger partial charge in [0.2, 0.25) is 11.8 Å². The topological polar surface area (TPSA) is 50.3 Å². The zero-order valence-electron chi connectivity index (χ0n) is 13.3. The van der Waals surface area contributed by atoms with Crippen molar-refractivity contribution in [2.45, 2.75) is 39.5 Å². The third kappa shape index (κ3) is 5.16. The van der Waals surface area contributed by atoms with Crippen LogP contribution in [0.4, 0.5) is 5.95 Å². The van der Waals surface area contributed by atoms with Crippen LogP contribution in [0.5, 0.6) is 5.88 Å². The summed E-state index contributed by atoms with van der Waals surface area (Å²) < 4.78 is 5.62. The van der Waals surface area contributed by atoms with Crippen LogP contribution in [0.1, 0.15) is 39.5 Å². The molecule has 21 heavy (non-hydrogen) atoms. The maximum atomic E-state index is 5.62. The Labute approximate surface area is 128 Å². The fourth-order valence-electron chi connectivity index (χ4n) is 2.71. The van der Waals surface area contributed by atoms with Gasteiger partial charge in [-0.15, -0.1) is 0 Å².